The first-order valence-electron chi connectivity index (χ1n) is 11.4. The summed E-state index contributed by atoms with van der Waals surface area (Å²) >= 11 is 0. The highest BCUT2D eigenvalue weighted by molar-refractivity contribution is 5.95. The summed E-state index contributed by atoms with van der Waals surface area (Å²) in [4.78, 5) is 12.2. The van der Waals surface area contributed by atoms with E-state index in [9.17, 15) is 5.26 Å². The fourth-order valence-corrected chi connectivity index (χ4v) is 5.54. The van der Waals surface area contributed by atoms with Crippen LogP contribution in [0.2, 0.25) is 0 Å². The molecular formula is C24H31N5O. The summed E-state index contributed by atoms with van der Waals surface area (Å²) in [6, 6.07) is 11.0. The molecule has 158 valence electrons. The van der Waals surface area contributed by atoms with Gasteiger partial charge >= 0.3 is 0 Å². The van der Waals surface area contributed by atoms with E-state index in [0.717, 1.165) is 42.3 Å². The summed E-state index contributed by atoms with van der Waals surface area (Å²) in [6.45, 7) is 9.83. The van der Waals surface area contributed by atoms with E-state index in [4.69, 9.17) is 4.74 Å². The van der Waals surface area contributed by atoms with Gasteiger partial charge in [0.15, 0.2) is 0 Å². The van der Waals surface area contributed by atoms with Crippen LogP contribution in [0.4, 0.5) is 5.69 Å². The van der Waals surface area contributed by atoms with Crippen molar-refractivity contribution in [3.05, 3.63) is 36.0 Å². The van der Waals surface area contributed by atoms with Crippen molar-refractivity contribution in [2.24, 2.45) is 0 Å². The number of ether oxygens (including phenoxy) is 1. The van der Waals surface area contributed by atoms with Crippen molar-refractivity contribution >= 4 is 16.6 Å². The van der Waals surface area contributed by atoms with E-state index >= 15 is 0 Å². The van der Waals surface area contributed by atoms with Crippen LogP contribution in [-0.2, 0) is 4.74 Å². The van der Waals surface area contributed by atoms with Gasteiger partial charge in [0.25, 0.3) is 0 Å². The third-order valence-electron chi connectivity index (χ3n) is 6.90. The summed E-state index contributed by atoms with van der Waals surface area (Å²) in [5.41, 5.74) is 2.59. The van der Waals surface area contributed by atoms with Gasteiger partial charge in [-0.2, -0.15) is 5.26 Å². The molecule has 0 amide bonds. The van der Waals surface area contributed by atoms with Crippen molar-refractivity contribution in [3.8, 4) is 6.07 Å². The van der Waals surface area contributed by atoms with E-state index in [-0.39, 0.29) is 12.2 Å². The quantitative estimate of drug-likeness (QED) is 0.780. The number of anilines is 1. The first-order valence-corrected chi connectivity index (χ1v) is 11.4. The zero-order chi connectivity index (χ0) is 20.5. The minimum atomic E-state index is 0.183. The number of nitriles is 1. The normalized spacial score (nSPS) is 28.3. The van der Waals surface area contributed by atoms with Gasteiger partial charge in [0.2, 0.25) is 0 Å². The summed E-state index contributed by atoms with van der Waals surface area (Å²) < 4.78 is 6.35. The third kappa shape index (κ3) is 3.90. The van der Waals surface area contributed by atoms with Crippen LogP contribution < -0.4 is 4.90 Å². The molecule has 0 saturated carbocycles. The zero-order valence-corrected chi connectivity index (χ0v) is 17.8. The van der Waals surface area contributed by atoms with Crippen molar-refractivity contribution in [2.75, 3.05) is 50.7 Å². The van der Waals surface area contributed by atoms with Gasteiger partial charge in [-0.3, -0.25) is 14.8 Å². The van der Waals surface area contributed by atoms with E-state index in [2.05, 4.69) is 44.8 Å². The number of benzene rings is 1. The number of rotatable bonds is 4. The average molecular weight is 406 g/mol. The Hall–Kier alpha value is -2.20. The number of likely N-dealkylation sites (tertiary alicyclic amines) is 2. The lowest BCUT2D eigenvalue weighted by molar-refractivity contribution is -0.0300. The molecule has 0 unspecified atom stereocenters. The Morgan fingerprint density at radius 3 is 2.83 bits per heavy atom. The van der Waals surface area contributed by atoms with Gasteiger partial charge in [-0.15, -0.1) is 0 Å². The SMILES string of the molecule is C[C@@H]1CN(c2ccc(C#N)c3ncccc23)C[C@H](CN2CC[C@H](N3CCCC3)C2)O1. The maximum atomic E-state index is 9.45. The number of fused-ring (bicyclic) bond motifs is 1. The summed E-state index contributed by atoms with van der Waals surface area (Å²) in [6.07, 6.45) is 6.17. The smallest absolute Gasteiger partial charge is 0.101 e. The van der Waals surface area contributed by atoms with Gasteiger partial charge in [-0.05, 0) is 70.1 Å². The fraction of sp³-hybridized carbons (Fsp3) is 0.583. The largest absolute Gasteiger partial charge is 0.370 e. The Morgan fingerprint density at radius 1 is 1.13 bits per heavy atom. The van der Waals surface area contributed by atoms with Crippen molar-refractivity contribution in [1.29, 1.82) is 5.26 Å². The van der Waals surface area contributed by atoms with E-state index in [1.54, 1.807) is 6.20 Å². The molecule has 0 spiro atoms. The Labute approximate surface area is 179 Å². The van der Waals surface area contributed by atoms with Gasteiger partial charge in [-0.25, -0.2) is 0 Å². The van der Waals surface area contributed by atoms with Gasteiger partial charge in [-0.1, -0.05) is 0 Å². The first kappa shape index (κ1) is 19.7. The predicted octanol–water partition coefficient (Wildman–Crippen LogP) is 2.87. The molecule has 0 radical (unpaired) electrons. The molecule has 5 rings (SSSR count). The Morgan fingerprint density at radius 2 is 2.00 bits per heavy atom. The molecule has 3 fully saturated rings. The highest BCUT2D eigenvalue weighted by Gasteiger charge is 2.33. The van der Waals surface area contributed by atoms with Crippen LogP contribution in [0.15, 0.2) is 30.5 Å². The van der Waals surface area contributed by atoms with E-state index < -0.39 is 0 Å². The molecule has 3 atom stereocenters. The lowest BCUT2D eigenvalue weighted by Gasteiger charge is -2.40. The molecular weight excluding hydrogens is 374 g/mol. The summed E-state index contributed by atoms with van der Waals surface area (Å²) in [5, 5.41) is 10.5. The maximum Gasteiger partial charge on any atom is 0.101 e. The molecule has 4 heterocycles. The van der Waals surface area contributed by atoms with Crippen LogP contribution >= 0.6 is 0 Å². The van der Waals surface area contributed by atoms with Crippen LogP contribution in [0.3, 0.4) is 0 Å². The Balaban J connectivity index is 1.30. The second kappa shape index (κ2) is 8.50. The van der Waals surface area contributed by atoms with E-state index in [0.29, 0.717) is 5.56 Å². The van der Waals surface area contributed by atoms with Crippen LogP contribution in [0.1, 0.15) is 31.7 Å². The van der Waals surface area contributed by atoms with Crippen LogP contribution in [-0.4, -0.2) is 78.8 Å². The zero-order valence-electron chi connectivity index (χ0n) is 17.8. The lowest BCUT2D eigenvalue weighted by atomic mass is 10.1. The van der Waals surface area contributed by atoms with Crippen molar-refractivity contribution in [3.63, 3.8) is 0 Å². The standard InChI is InChI=1S/C24H31N5O/c1-18-14-29(23-7-6-19(13-25)24-22(23)5-4-9-26-24)17-21(30-18)16-27-12-8-20(15-27)28-10-2-3-11-28/h4-7,9,18,20-21H,2-3,8,10-12,14-17H2,1H3/t18-,20+,21+/m1/s1. The van der Waals surface area contributed by atoms with Gasteiger partial charge in [0.1, 0.15) is 6.07 Å². The maximum absolute atomic E-state index is 9.45. The molecule has 1 aromatic carbocycles. The molecule has 0 bridgehead atoms. The molecule has 30 heavy (non-hydrogen) atoms. The second-order valence-electron chi connectivity index (χ2n) is 9.06. The predicted molar refractivity (Wildman–Crippen MR) is 119 cm³/mol. The molecule has 3 aliphatic rings. The first-order chi connectivity index (χ1) is 14.7. The van der Waals surface area contributed by atoms with Crippen molar-refractivity contribution in [2.45, 2.75) is 44.4 Å². The number of aromatic nitrogens is 1. The second-order valence-corrected chi connectivity index (χ2v) is 9.06. The average Bonchev–Trinajstić information content (AvgIpc) is 3.44. The van der Waals surface area contributed by atoms with Crippen molar-refractivity contribution in [1.82, 2.24) is 14.8 Å². The molecule has 0 aliphatic carbocycles. The summed E-state index contributed by atoms with van der Waals surface area (Å²) in [5.74, 6) is 0. The number of pyridine rings is 1. The number of morpholine rings is 1. The number of hydrogen-bond donors (Lipinski definition) is 0. The number of hydrogen-bond acceptors (Lipinski definition) is 6. The fourth-order valence-electron chi connectivity index (χ4n) is 5.54. The molecule has 3 aliphatic heterocycles. The summed E-state index contributed by atoms with van der Waals surface area (Å²) in [7, 11) is 0. The minimum Gasteiger partial charge on any atom is -0.370 e. The van der Waals surface area contributed by atoms with Gasteiger partial charge in [0, 0.05) is 49.5 Å². The molecule has 0 N–H and O–H groups in total. The minimum absolute atomic E-state index is 0.183. The topological polar surface area (TPSA) is 55.6 Å². The van der Waals surface area contributed by atoms with Crippen LogP contribution in [0.25, 0.3) is 10.9 Å². The van der Waals surface area contributed by atoms with Gasteiger partial charge in [0.05, 0.1) is 23.3 Å². The molecule has 3 saturated heterocycles. The Bertz CT molecular complexity index is 935. The number of nitrogens with zero attached hydrogens (tertiary/aromatic N) is 5. The van der Waals surface area contributed by atoms with E-state index in [1.165, 1.54) is 45.4 Å². The monoisotopic (exact) mass is 405 g/mol. The Kier molecular flexibility index (Phi) is 5.60. The van der Waals surface area contributed by atoms with E-state index in [1.807, 2.05) is 12.1 Å². The highest BCUT2D eigenvalue weighted by atomic mass is 16.5. The lowest BCUT2D eigenvalue weighted by Crippen LogP contribution is -2.51. The third-order valence-corrected chi connectivity index (χ3v) is 6.90. The van der Waals surface area contributed by atoms with Gasteiger partial charge < -0.3 is 9.64 Å². The molecule has 2 aromatic rings. The molecule has 1 aromatic heterocycles. The van der Waals surface area contributed by atoms with Crippen molar-refractivity contribution < 1.29 is 4.74 Å². The molecule has 6 nitrogen and oxygen atoms in total. The molecule has 6 heteroatoms. The highest BCUT2D eigenvalue weighted by Crippen LogP contribution is 2.30. The van der Waals surface area contributed by atoms with Crippen LogP contribution in [0.5, 0.6) is 0 Å². The van der Waals surface area contributed by atoms with Crippen LogP contribution in [0, 0.1) is 11.3 Å².